The van der Waals surface area contributed by atoms with Crippen molar-refractivity contribution in [2.45, 2.75) is 26.2 Å². The Hall–Kier alpha value is -1.02. The summed E-state index contributed by atoms with van der Waals surface area (Å²) in [6.07, 6.45) is 3.63. The van der Waals surface area contributed by atoms with E-state index in [2.05, 4.69) is 5.32 Å². The first-order chi connectivity index (χ1) is 8.70. The summed E-state index contributed by atoms with van der Waals surface area (Å²) in [5.41, 5.74) is 1.86. The fourth-order valence-corrected chi connectivity index (χ4v) is 3.10. The lowest BCUT2D eigenvalue weighted by Crippen LogP contribution is -2.31. The summed E-state index contributed by atoms with van der Waals surface area (Å²) in [5.74, 6) is 1.87. The van der Waals surface area contributed by atoms with Crippen molar-refractivity contribution in [2.75, 3.05) is 12.4 Å². The van der Waals surface area contributed by atoms with E-state index in [1.807, 2.05) is 31.2 Å². The lowest BCUT2D eigenvalue weighted by Gasteiger charge is -2.17. The van der Waals surface area contributed by atoms with Crippen molar-refractivity contribution in [3.8, 4) is 0 Å². The lowest BCUT2D eigenvalue weighted by molar-refractivity contribution is 0.0944. The van der Waals surface area contributed by atoms with Gasteiger partial charge in [-0.3, -0.25) is 4.79 Å². The van der Waals surface area contributed by atoms with E-state index in [1.54, 1.807) is 0 Å². The molecule has 1 aliphatic carbocycles. The quantitative estimate of drug-likeness (QED) is 0.831. The third-order valence-electron chi connectivity index (χ3n) is 3.82. The molecule has 1 fully saturated rings. The maximum Gasteiger partial charge on any atom is 0.251 e. The molecule has 0 heterocycles. The average Bonchev–Trinajstić information content (AvgIpc) is 2.83. The number of rotatable bonds is 4. The third-order valence-corrected chi connectivity index (χ3v) is 4.22. The molecule has 2 nitrogen and oxygen atoms in total. The number of benzene rings is 1. The van der Waals surface area contributed by atoms with Gasteiger partial charge in [0.1, 0.15) is 0 Å². The highest BCUT2D eigenvalue weighted by Crippen LogP contribution is 2.31. The predicted molar refractivity (Wildman–Crippen MR) is 75.1 cm³/mol. The Morgan fingerprint density at radius 2 is 2.17 bits per heavy atom. The van der Waals surface area contributed by atoms with Crippen LogP contribution in [0.3, 0.4) is 0 Å². The van der Waals surface area contributed by atoms with Crippen LogP contribution in [-0.2, 0) is 0 Å². The molecule has 1 aromatic carbocycles. The summed E-state index contributed by atoms with van der Waals surface area (Å²) in [7, 11) is 0. The van der Waals surface area contributed by atoms with Crippen molar-refractivity contribution in [1.29, 1.82) is 0 Å². The van der Waals surface area contributed by atoms with Gasteiger partial charge in [-0.2, -0.15) is 0 Å². The molecule has 1 amide bonds. The normalized spacial score (nSPS) is 23.0. The van der Waals surface area contributed by atoms with Crippen LogP contribution in [0.5, 0.6) is 0 Å². The van der Waals surface area contributed by atoms with E-state index >= 15 is 0 Å². The van der Waals surface area contributed by atoms with E-state index in [0.717, 1.165) is 17.7 Å². The van der Waals surface area contributed by atoms with E-state index in [9.17, 15) is 4.79 Å². The third kappa shape index (κ3) is 3.26. The molecule has 1 aliphatic rings. The summed E-state index contributed by atoms with van der Waals surface area (Å²) in [6, 6.07) is 7.69. The summed E-state index contributed by atoms with van der Waals surface area (Å²) in [6.45, 7) is 2.75. The van der Waals surface area contributed by atoms with E-state index in [-0.39, 0.29) is 5.91 Å². The highest BCUT2D eigenvalue weighted by Gasteiger charge is 2.26. The smallest absolute Gasteiger partial charge is 0.251 e. The van der Waals surface area contributed by atoms with Gasteiger partial charge in [0.25, 0.3) is 5.91 Å². The van der Waals surface area contributed by atoms with Crippen molar-refractivity contribution >= 4 is 17.5 Å². The lowest BCUT2D eigenvalue weighted by atomic mass is 9.98. The van der Waals surface area contributed by atoms with Gasteiger partial charge in [-0.05, 0) is 43.7 Å². The number of halogens is 1. The Morgan fingerprint density at radius 3 is 2.89 bits per heavy atom. The van der Waals surface area contributed by atoms with Crippen LogP contribution in [0.15, 0.2) is 24.3 Å². The van der Waals surface area contributed by atoms with Crippen LogP contribution in [0.2, 0.25) is 0 Å². The second-order valence-corrected chi connectivity index (χ2v) is 5.49. The van der Waals surface area contributed by atoms with Gasteiger partial charge in [-0.25, -0.2) is 0 Å². The fourth-order valence-electron chi connectivity index (χ4n) is 2.70. The summed E-state index contributed by atoms with van der Waals surface area (Å²) in [5, 5.41) is 3.03. The Morgan fingerprint density at radius 1 is 1.39 bits per heavy atom. The van der Waals surface area contributed by atoms with Crippen molar-refractivity contribution in [3.63, 3.8) is 0 Å². The van der Waals surface area contributed by atoms with Crippen LogP contribution in [0.4, 0.5) is 0 Å². The zero-order chi connectivity index (χ0) is 13.0. The Labute approximate surface area is 114 Å². The SMILES string of the molecule is Cc1cccc(C(=O)NCC2CCCC2CCl)c1. The highest BCUT2D eigenvalue weighted by atomic mass is 35.5. The standard InChI is InChI=1S/C15H20ClNO/c1-11-4-2-5-12(8-11)15(18)17-10-14-7-3-6-13(14)9-16/h2,4-5,8,13-14H,3,6-7,9-10H2,1H3,(H,17,18). The molecule has 0 saturated heterocycles. The average molecular weight is 266 g/mol. The summed E-state index contributed by atoms with van der Waals surface area (Å²) in [4.78, 5) is 12.0. The first-order valence-electron chi connectivity index (χ1n) is 6.61. The Balaban J connectivity index is 1.88. The highest BCUT2D eigenvalue weighted by molar-refractivity contribution is 6.18. The van der Waals surface area contributed by atoms with Crippen molar-refractivity contribution in [2.24, 2.45) is 11.8 Å². The monoisotopic (exact) mass is 265 g/mol. The topological polar surface area (TPSA) is 29.1 Å². The second kappa shape index (κ2) is 6.24. The zero-order valence-corrected chi connectivity index (χ0v) is 11.5. The van der Waals surface area contributed by atoms with Gasteiger partial charge < -0.3 is 5.32 Å². The maximum atomic E-state index is 12.0. The summed E-state index contributed by atoms with van der Waals surface area (Å²) >= 11 is 5.94. The van der Waals surface area contributed by atoms with Gasteiger partial charge in [0.2, 0.25) is 0 Å². The first-order valence-corrected chi connectivity index (χ1v) is 7.15. The molecular weight excluding hydrogens is 246 g/mol. The van der Waals surface area contributed by atoms with Crippen LogP contribution >= 0.6 is 11.6 Å². The molecule has 2 atom stereocenters. The number of amides is 1. The van der Waals surface area contributed by atoms with Crippen molar-refractivity contribution in [1.82, 2.24) is 5.32 Å². The van der Waals surface area contributed by atoms with Gasteiger partial charge in [0.05, 0.1) is 0 Å². The zero-order valence-electron chi connectivity index (χ0n) is 10.8. The van der Waals surface area contributed by atoms with E-state index in [1.165, 1.54) is 19.3 Å². The number of carbonyl (C=O) groups is 1. The van der Waals surface area contributed by atoms with Crippen molar-refractivity contribution < 1.29 is 4.79 Å². The van der Waals surface area contributed by atoms with Crippen LogP contribution < -0.4 is 5.32 Å². The largest absolute Gasteiger partial charge is 0.352 e. The summed E-state index contributed by atoms with van der Waals surface area (Å²) < 4.78 is 0. The van der Waals surface area contributed by atoms with Gasteiger partial charge in [-0.15, -0.1) is 11.6 Å². The molecule has 0 radical (unpaired) electrons. The predicted octanol–water partition coefficient (Wildman–Crippen LogP) is 3.38. The van der Waals surface area contributed by atoms with Crippen molar-refractivity contribution in [3.05, 3.63) is 35.4 Å². The van der Waals surface area contributed by atoms with Gasteiger partial charge in [0, 0.05) is 18.0 Å². The van der Waals surface area contributed by atoms with Crippen LogP contribution in [0, 0.1) is 18.8 Å². The molecule has 0 bridgehead atoms. The van der Waals surface area contributed by atoms with Gasteiger partial charge >= 0.3 is 0 Å². The molecule has 1 saturated carbocycles. The Bertz CT molecular complexity index is 419. The number of alkyl halides is 1. The minimum absolute atomic E-state index is 0.0268. The van der Waals surface area contributed by atoms with Gasteiger partial charge in [-0.1, -0.05) is 24.1 Å². The maximum absolute atomic E-state index is 12.0. The van der Waals surface area contributed by atoms with Crippen LogP contribution in [0.25, 0.3) is 0 Å². The molecule has 0 spiro atoms. The van der Waals surface area contributed by atoms with Crippen LogP contribution in [0.1, 0.15) is 35.2 Å². The van der Waals surface area contributed by atoms with E-state index in [0.29, 0.717) is 17.7 Å². The van der Waals surface area contributed by atoms with Crippen LogP contribution in [-0.4, -0.2) is 18.3 Å². The molecule has 18 heavy (non-hydrogen) atoms. The first kappa shape index (κ1) is 13.4. The molecule has 1 aromatic rings. The minimum Gasteiger partial charge on any atom is -0.352 e. The van der Waals surface area contributed by atoms with E-state index in [4.69, 9.17) is 11.6 Å². The molecule has 0 aromatic heterocycles. The van der Waals surface area contributed by atoms with E-state index < -0.39 is 0 Å². The number of nitrogens with one attached hydrogen (secondary N) is 1. The molecule has 98 valence electrons. The fraction of sp³-hybridized carbons (Fsp3) is 0.533. The number of hydrogen-bond acceptors (Lipinski definition) is 1. The number of carbonyl (C=O) groups excluding carboxylic acids is 1. The number of aryl methyl sites for hydroxylation is 1. The minimum atomic E-state index is 0.0268. The second-order valence-electron chi connectivity index (χ2n) is 5.18. The molecule has 2 rings (SSSR count). The van der Waals surface area contributed by atoms with Gasteiger partial charge in [0.15, 0.2) is 0 Å². The molecule has 2 unspecified atom stereocenters. The molecule has 1 N–H and O–H groups in total. The Kier molecular flexibility index (Phi) is 4.65. The molecular formula is C15H20ClNO. The molecule has 3 heteroatoms. The molecule has 0 aliphatic heterocycles. The number of hydrogen-bond donors (Lipinski definition) is 1.